The monoisotopic (exact) mass is 297 g/mol. The standard InChI is InChI=1S/C13H16ClN3OS/c1-8(2)15-7-12-16-17-13(19-12)18-11-5-4-9(3)6-10(11)14/h4-6,8,15H,7H2,1-3H3. The largest absolute Gasteiger partial charge is 0.428 e. The highest BCUT2D eigenvalue weighted by Crippen LogP contribution is 2.31. The molecule has 0 aliphatic carbocycles. The van der Waals surface area contributed by atoms with Crippen LogP contribution in [0.5, 0.6) is 10.9 Å². The maximum absolute atomic E-state index is 6.11. The lowest BCUT2D eigenvalue weighted by molar-refractivity contribution is 0.473. The Bertz CT molecular complexity index is 557. The van der Waals surface area contributed by atoms with Gasteiger partial charge in [0.2, 0.25) is 0 Å². The fourth-order valence-electron chi connectivity index (χ4n) is 1.43. The molecule has 0 saturated heterocycles. The van der Waals surface area contributed by atoms with Gasteiger partial charge >= 0.3 is 0 Å². The van der Waals surface area contributed by atoms with Crippen molar-refractivity contribution in [1.82, 2.24) is 15.5 Å². The SMILES string of the molecule is Cc1ccc(Oc2nnc(CNC(C)C)s2)c(Cl)c1. The van der Waals surface area contributed by atoms with Gasteiger partial charge in [0.25, 0.3) is 5.19 Å². The number of nitrogens with zero attached hydrogens (tertiary/aromatic N) is 2. The first-order valence-corrected chi connectivity index (χ1v) is 7.24. The molecule has 1 aromatic heterocycles. The molecule has 0 saturated carbocycles. The van der Waals surface area contributed by atoms with Crippen molar-refractivity contribution < 1.29 is 4.74 Å². The van der Waals surface area contributed by atoms with Crippen molar-refractivity contribution in [3.05, 3.63) is 33.8 Å². The van der Waals surface area contributed by atoms with Crippen LogP contribution in [-0.4, -0.2) is 16.2 Å². The van der Waals surface area contributed by atoms with Crippen LogP contribution in [0.2, 0.25) is 5.02 Å². The van der Waals surface area contributed by atoms with Gasteiger partial charge < -0.3 is 10.1 Å². The Morgan fingerprint density at radius 3 is 2.84 bits per heavy atom. The second-order valence-corrected chi connectivity index (χ2v) is 5.97. The van der Waals surface area contributed by atoms with Crippen molar-refractivity contribution in [2.75, 3.05) is 0 Å². The molecule has 6 heteroatoms. The highest BCUT2D eigenvalue weighted by molar-refractivity contribution is 7.13. The van der Waals surface area contributed by atoms with E-state index in [1.165, 1.54) is 11.3 Å². The summed E-state index contributed by atoms with van der Waals surface area (Å²) in [5.41, 5.74) is 1.09. The van der Waals surface area contributed by atoms with E-state index in [2.05, 4.69) is 29.4 Å². The molecule has 0 aliphatic heterocycles. The average molecular weight is 298 g/mol. The Morgan fingerprint density at radius 2 is 2.16 bits per heavy atom. The predicted molar refractivity (Wildman–Crippen MR) is 78.1 cm³/mol. The van der Waals surface area contributed by atoms with Gasteiger partial charge in [-0.2, -0.15) is 0 Å². The minimum atomic E-state index is 0.416. The Morgan fingerprint density at radius 1 is 1.37 bits per heavy atom. The number of hydrogen-bond acceptors (Lipinski definition) is 5. The molecule has 4 nitrogen and oxygen atoms in total. The molecule has 2 aromatic rings. The summed E-state index contributed by atoms with van der Waals surface area (Å²) in [4.78, 5) is 0. The van der Waals surface area contributed by atoms with Crippen molar-refractivity contribution in [1.29, 1.82) is 0 Å². The normalized spacial score (nSPS) is 11.0. The van der Waals surface area contributed by atoms with E-state index < -0.39 is 0 Å². The molecular formula is C13H16ClN3OS. The van der Waals surface area contributed by atoms with Crippen molar-refractivity contribution in [2.45, 2.75) is 33.4 Å². The molecule has 0 radical (unpaired) electrons. The number of aryl methyl sites for hydroxylation is 1. The van der Waals surface area contributed by atoms with E-state index in [0.717, 1.165) is 10.6 Å². The molecule has 0 aliphatic rings. The van der Waals surface area contributed by atoms with Crippen molar-refractivity contribution >= 4 is 22.9 Å². The Labute approximate surface area is 121 Å². The minimum absolute atomic E-state index is 0.416. The lowest BCUT2D eigenvalue weighted by atomic mass is 10.2. The topological polar surface area (TPSA) is 47.0 Å². The molecular weight excluding hydrogens is 282 g/mol. The first-order valence-electron chi connectivity index (χ1n) is 6.04. The van der Waals surface area contributed by atoms with E-state index >= 15 is 0 Å². The molecule has 0 spiro atoms. The second-order valence-electron chi connectivity index (χ2n) is 4.53. The maximum Gasteiger partial charge on any atom is 0.299 e. The zero-order valence-corrected chi connectivity index (χ0v) is 12.7. The van der Waals surface area contributed by atoms with E-state index in [0.29, 0.717) is 28.6 Å². The summed E-state index contributed by atoms with van der Waals surface area (Å²) in [6, 6.07) is 6.06. The van der Waals surface area contributed by atoms with Crippen LogP contribution in [0.15, 0.2) is 18.2 Å². The van der Waals surface area contributed by atoms with Gasteiger partial charge in [-0.05, 0) is 24.6 Å². The van der Waals surface area contributed by atoms with E-state index in [-0.39, 0.29) is 0 Å². The summed E-state index contributed by atoms with van der Waals surface area (Å²) in [7, 11) is 0. The lowest BCUT2D eigenvalue weighted by Gasteiger charge is -2.04. The highest BCUT2D eigenvalue weighted by atomic mass is 35.5. The van der Waals surface area contributed by atoms with Crippen LogP contribution < -0.4 is 10.1 Å². The number of benzene rings is 1. The maximum atomic E-state index is 6.11. The Balaban J connectivity index is 2.03. The molecule has 19 heavy (non-hydrogen) atoms. The smallest absolute Gasteiger partial charge is 0.299 e. The zero-order valence-electron chi connectivity index (χ0n) is 11.1. The third kappa shape index (κ3) is 4.16. The summed E-state index contributed by atoms with van der Waals surface area (Å²) < 4.78 is 5.64. The molecule has 0 fully saturated rings. The number of rotatable bonds is 5. The van der Waals surface area contributed by atoms with Crippen molar-refractivity contribution in [2.24, 2.45) is 0 Å². The molecule has 0 atom stereocenters. The predicted octanol–water partition coefficient (Wildman–Crippen LogP) is 3.79. The number of nitrogens with one attached hydrogen (secondary N) is 1. The summed E-state index contributed by atoms with van der Waals surface area (Å²) in [6.07, 6.45) is 0. The minimum Gasteiger partial charge on any atom is -0.428 e. The lowest BCUT2D eigenvalue weighted by Crippen LogP contribution is -2.21. The number of ether oxygens (including phenoxy) is 1. The molecule has 1 aromatic carbocycles. The Hall–Kier alpha value is -1.17. The van der Waals surface area contributed by atoms with Gasteiger partial charge in [0, 0.05) is 6.04 Å². The fraction of sp³-hybridized carbons (Fsp3) is 0.385. The van der Waals surface area contributed by atoms with Crippen LogP contribution in [0.3, 0.4) is 0 Å². The van der Waals surface area contributed by atoms with Crippen LogP contribution in [0.4, 0.5) is 0 Å². The average Bonchev–Trinajstić information content (AvgIpc) is 2.78. The molecule has 1 heterocycles. The van der Waals surface area contributed by atoms with Crippen molar-refractivity contribution in [3.8, 4) is 10.9 Å². The molecule has 2 rings (SSSR count). The van der Waals surface area contributed by atoms with E-state index in [1.54, 1.807) is 0 Å². The molecule has 1 N–H and O–H groups in total. The van der Waals surface area contributed by atoms with Crippen LogP contribution in [0.25, 0.3) is 0 Å². The number of halogens is 1. The molecule has 0 amide bonds. The van der Waals surface area contributed by atoms with E-state index in [1.807, 2.05) is 25.1 Å². The van der Waals surface area contributed by atoms with Crippen LogP contribution in [-0.2, 0) is 6.54 Å². The first-order chi connectivity index (χ1) is 9.04. The second kappa shape index (κ2) is 6.32. The molecule has 102 valence electrons. The van der Waals surface area contributed by atoms with Gasteiger partial charge in [-0.1, -0.05) is 48.0 Å². The Kier molecular flexibility index (Phi) is 4.74. The van der Waals surface area contributed by atoms with E-state index in [4.69, 9.17) is 16.3 Å². The molecule has 0 unspecified atom stereocenters. The summed E-state index contributed by atoms with van der Waals surface area (Å²) >= 11 is 7.53. The van der Waals surface area contributed by atoms with Crippen LogP contribution in [0.1, 0.15) is 24.4 Å². The number of aromatic nitrogens is 2. The fourth-order valence-corrected chi connectivity index (χ4v) is 2.35. The van der Waals surface area contributed by atoms with Gasteiger partial charge in [-0.15, -0.1) is 5.10 Å². The van der Waals surface area contributed by atoms with Gasteiger partial charge in [0.15, 0.2) is 0 Å². The van der Waals surface area contributed by atoms with Gasteiger partial charge in [0.1, 0.15) is 10.8 Å². The number of hydrogen-bond donors (Lipinski definition) is 1. The summed E-state index contributed by atoms with van der Waals surface area (Å²) in [5, 5.41) is 13.3. The van der Waals surface area contributed by atoms with Crippen LogP contribution in [0, 0.1) is 6.92 Å². The van der Waals surface area contributed by atoms with Gasteiger partial charge in [-0.3, -0.25) is 0 Å². The third-order valence-corrected chi connectivity index (χ3v) is 3.49. The summed E-state index contributed by atoms with van der Waals surface area (Å²) in [5.74, 6) is 0.604. The highest BCUT2D eigenvalue weighted by Gasteiger charge is 2.09. The third-order valence-electron chi connectivity index (χ3n) is 2.39. The van der Waals surface area contributed by atoms with Crippen molar-refractivity contribution in [3.63, 3.8) is 0 Å². The van der Waals surface area contributed by atoms with Gasteiger partial charge in [-0.25, -0.2) is 0 Å². The molecule has 0 bridgehead atoms. The first kappa shape index (κ1) is 14.2. The van der Waals surface area contributed by atoms with Gasteiger partial charge in [0.05, 0.1) is 11.6 Å². The van der Waals surface area contributed by atoms with Crippen LogP contribution >= 0.6 is 22.9 Å². The zero-order chi connectivity index (χ0) is 13.8. The summed E-state index contributed by atoms with van der Waals surface area (Å²) in [6.45, 7) is 6.85. The van der Waals surface area contributed by atoms with E-state index in [9.17, 15) is 0 Å². The quantitative estimate of drug-likeness (QED) is 0.912.